The van der Waals surface area contributed by atoms with Gasteiger partial charge in [-0.25, -0.2) is 0 Å². The van der Waals surface area contributed by atoms with E-state index in [0.717, 1.165) is 18.0 Å². The molecule has 0 radical (unpaired) electrons. The number of hydrogen-bond donors (Lipinski definition) is 2. The van der Waals surface area contributed by atoms with E-state index in [1.54, 1.807) is 30.8 Å². The van der Waals surface area contributed by atoms with Gasteiger partial charge < -0.3 is 15.1 Å². The van der Waals surface area contributed by atoms with E-state index in [-0.39, 0.29) is 5.91 Å². The lowest BCUT2D eigenvalue weighted by Gasteiger charge is -2.09. The molecule has 18 heavy (non-hydrogen) atoms. The molecule has 0 aliphatic rings. The maximum absolute atomic E-state index is 12.0. The van der Waals surface area contributed by atoms with Crippen molar-refractivity contribution in [3.63, 3.8) is 0 Å². The Morgan fingerprint density at radius 2 is 2.33 bits per heavy atom. The van der Waals surface area contributed by atoms with Crippen molar-refractivity contribution in [2.24, 2.45) is 0 Å². The molecule has 0 saturated heterocycles. The highest BCUT2D eigenvalue weighted by atomic mass is 16.3. The van der Waals surface area contributed by atoms with Gasteiger partial charge >= 0.3 is 0 Å². The van der Waals surface area contributed by atoms with E-state index in [1.807, 2.05) is 13.0 Å². The van der Waals surface area contributed by atoms with Crippen LogP contribution in [-0.2, 0) is 6.54 Å². The number of nitrogens with zero attached hydrogens (tertiary/aromatic N) is 1. The minimum absolute atomic E-state index is 0.171. The van der Waals surface area contributed by atoms with E-state index in [0.29, 0.717) is 12.1 Å². The first-order valence-electron chi connectivity index (χ1n) is 5.79. The van der Waals surface area contributed by atoms with Crippen LogP contribution in [0.15, 0.2) is 41.3 Å². The number of carbonyl (C=O) groups excluding carboxylic acids is 1. The Bertz CT molecular complexity index is 509. The number of pyridine rings is 1. The summed E-state index contributed by atoms with van der Waals surface area (Å²) in [5.74, 6) is 0.549. The van der Waals surface area contributed by atoms with Gasteiger partial charge in [-0.1, -0.05) is 0 Å². The second-order valence-electron chi connectivity index (χ2n) is 3.71. The maximum atomic E-state index is 12.0. The summed E-state index contributed by atoms with van der Waals surface area (Å²) in [5, 5.41) is 5.91. The second-order valence-corrected chi connectivity index (χ2v) is 3.71. The van der Waals surface area contributed by atoms with Crippen molar-refractivity contribution in [1.82, 2.24) is 10.3 Å². The van der Waals surface area contributed by atoms with Crippen molar-refractivity contribution in [3.05, 3.63) is 48.2 Å². The Balaban J connectivity index is 2.04. The van der Waals surface area contributed by atoms with Crippen molar-refractivity contribution >= 4 is 11.6 Å². The van der Waals surface area contributed by atoms with Gasteiger partial charge in [-0.2, -0.15) is 0 Å². The zero-order valence-electron chi connectivity index (χ0n) is 10.1. The minimum atomic E-state index is -0.171. The molecule has 0 spiro atoms. The van der Waals surface area contributed by atoms with Crippen LogP contribution < -0.4 is 10.6 Å². The zero-order valence-corrected chi connectivity index (χ0v) is 10.1. The summed E-state index contributed by atoms with van der Waals surface area (Å²) in [6.45, 7) is 3.10. The lowest BCUT2D eigenvalue weighted by Crippen LogP contribution is -2.24. The normalized spacial score (nSPS) is 10.1. The van der Waals surface area contributed by atoms with Crippen LogP contribution in [0, 0.1) is 0 Å². The van der Waals surface area contributed by atoms with Crippen LogP contribution in [0.2, 0.25) is 0 Å². The summed E-state index contributed by atoms with van der Waals surface area (Å²) in [4.78, 5) is 16.0. The van der Waals surface area contributed by atoms with Gasteiger partial charge in [0.1, 0.15) is 5.76 Å². The standard InChI is InChI=1S/C13H15N3O2/c1-2-15-12-5-6-14-9-11(12)13(17)16-8-10-4-3-7-18-10/h3-7,9H,2,8H2,1H3,(H,14,15)(H,16,17). The van der Waals surface area contributed by atoms with Gasteiger partial charge in [0.25, 0.3) is 5.91 Å². The number of nitrogens with one attached hydrogen (secondary N) is 2. The van der Waals surface area contributed by atoms with Gasteiger partial charge in [-0.15, -0.1) is 0 Å². The number of hydrogen-bond acceptors (Lipinski definition) is 4. The molecule has 2 aromatic heterocycles. The number of rotatable bonds is 5. The Morgan fingerprint density at radius 3 is 3.06 bits per heavy atom. The van der Waals surface area contributed by atoms with Crippen LogP contribution in [0.4, 0.5) is 5.69 Å². The van der Waals surface area contributed by atoms with Crippen molar-refractivity contribution in [2.45, 2.75) is 13.5 Å². The Hall–Kier alpha value is -2.30. The molecule has 2 rings (SSSR count). The Morgan fingerprint density at radius 1 is 1.44 bits per heavy atom. The molecule has 5 heteroatoms. The third-order valence-electron chi connectivity index (χ3n) is 2.44. The molecule has 2 heterocycles. The van der Waals surface area contributed by atoms with E-state index >= 15 is 0 Å². The molecule has 2 N–H and O–H groups in total. The van der Waals surface area contributed by atoms with Crippen LogP contribution in [-0.4, -0.2) is 17.4 Å². The summed E-state index contributed by atoms with van der Waals surface area (Å²) in [5.41, 5.74) is 1.32. The molecule has 2 aromatic rings. The lowest BCUT2D eigenvalue weighted by atomic mass is 10.2. The molecular formula is C13H15N3O2. The fourth-order valence-corrected chi connectivity index (χ4v) is 1.60. The van der Waals surface area contributed by atoms with Crippen molar-refractivity contribution in [1.29, 1.82) is 0 Å². The van der Waals surface area contributed by atoms with Crippen molar-refractivity contribution < 1.29 is 9.21 Å². The smallest absolute Gasteiger partial charge is 0.255 e. The molecule has 0 fully saturated rings. The van der Waals surface area contributed by atoms with E-state index < -0.39 is 0 Å². The molecular weight excluding hydrogens is 230 g/mol. The molecule has 94 valence electrons. The van der Waals surface area contributed by atoms with Crippen LogP contribution in [0.5, 0.6) is 0 Å². The minimum Gasteiger partial charge on any atom is -0.467 e. The number of furan rings is 1. The molecule has 0 bridgehead atoms. The van der Waals surface area contributed by atoms with Crippen LogP contribution in [0.3, 0.4) is 0 Å². The van der Waals surface area contributed by atoms with Gasteiger partial charge in [0.05, 0.1) is 24.1 Å². The van der Waals surface area contributed by atoms with Crippen molar-refractivity contribution in [3.8, 4) is 0 Å². The summed E-state index contributed by atoms with van der Waals surface area (Å²) in [7, 11) is 0. The van der Waals surface area contributed by atoms with E-state index in [4.69, 9.17) is 4.42 Å². The molecule has 1 amide bonds. The van der Waals surface area contributed by atoms with E-state index in [1.165, 1.54) is 0 Å². The summed E-state index contributed by atoms with van der Waals surface area (Å²) in [6.07, 6.45) is 4.78. The highest BCUT2D eigenvalue weighted by Crippen LogP contribution is 2.13. The zero-order chi connectivity index (χ0) is 12.8. The van der Waals surface area contributed by atoms with Crippen LogP contribution in [0.1, 0.15) is 23.0 Å². The fourth-order valence-electron chi connectivity index (χ4n) is 1.60. The van der Waals surface area contributed by atoms with Gasteiger partial charge in [0, 0.05) is 18.9 Å². The largest absolute Gasteiger partial charge is 0.467 e. The summed E-state index contributed by atoms with van der Waals surface area (Å²) in [6, 6.07) is 5.38. The van der Waals surface area contributed by atoms with Gasteiger partial charge in [0.2, 0.25) is 0 Å². The molecule has 0 aromatic carbocycles. The lowest BCUT2D eigenvalue weighted by molar-refractivity contribution is 0.0948. The van der Waals surface area contributed by atoms with Gasteiger partial charge in [0.15, 0.2) is 0 Å². The highest BCUT2D eigenvalue weighted by Gasteiger charge is 2.11. The first-order valence-corrected chi connectivity index (χ1v) is 5.79. The Labute approximate surface area is 105 Å². The van der Waals surface area contributed by atoms with Gasteiger partial charge in [-0.05, 0) is 25.1 Å². The number of carbonyl (C=O) groups is 1. The molecule has 0 aliphatic heterocycles. The molecule has 0 atom stereocenters. The van der Waals surface area contributed by atoms with E-state index in [9.17, 15) is 4.79 Å². The predicted octanol–water partition coefficient (Wildman–Crippen LogP) is 2.04. The summed E-state index contributed by atoms with van der Waals surface area (Å²) < 4.78 is 5.15. The third-order valence-corrected chi connectivity index (χ3v) is 2.44. The molecule has 0 unspecified atom stereocenters. The first kappa shape index (κ1) is 12.2. The second kappa shape index (κ2) is 5.86. The van der Waals surface area contributed by atoms with Crippen LogP contribution in [0.25, 0.3) is 0 Å². The SMILES string of the molecule is CCNc1ccncc1C(=O)NCc1ccco1. The number of anilines is 1. The number of aromatic nitrogens is 1. The quantitative estimate of drug-likeness (QED) is 0.845. The molecule has 0 saturated carbocycles. The fraction of sp³-hybridized carbons (Fsp3) is 0.231. The molecule has 0 aliphatic carbocycles. The predicted molar refractivity (Wildman–Crippen MR) is 68.3 cm³/mol. The average molecular weight is 245 g/mol. The molecule has 5 nitrogen and oxygen atoms in total. The van der Waals surface area contributed by atoms with E-state index in [2.05, 4.69) is 15.6 Å². The van der Waals surface area contributed by atoms with Crippen LogP contribution >= 0.6 is 0 Å². The number of amides is 1. The third kappa shape index (κ3) is 2.88. The maximum Gasteiger partial charge on any atom is 0.255 e. The first-order chi connectivity index (χ1) is 8.81. The Kier molecular flexibility index (Phi) is 3.96. The highest BCUT2D eigenvalue weighted by molar-refractivity contribution is 5.99. The summed E-state index contributed by atoms with van der Waals surface area (Å²) >= 11 is 0. The van der Waals surface area contributed by atoms with Gasteiger partial charge in [-0.3, -0.25) is 9.78 Å². The van der Waals surface area contributed by atoms with Crippen molar-refractivity contribution in [2.75, 3.05) is 11.9 Å². The average Bonchev–Trinajstić information content (AvgIpc) is 2.90. The monoisotopic (exact) mass is 245 g/mol. The topological polar surface area (TPSA) is 67.2 Å².